The van der Waals surface area contributed by atoms with Gasteiger partial charge >= 0.3 is 0 Å². The van der Waals surface area contributed by atoms with Crippen molar-refractivity contribution in [3.63, 3.8) is 0 Å². The van der Waals surface area contributed by atoms with Crippen LogP contribution >= 0.6 is 0 Å². The van der Waals surface area contributed by atoms with Crippen molar-refractivity contribution in [3.05, 3.63) is 78.1 Å². The lowest BCUT2D eigenvalue weighted by Gasteiger charge is -2.13. The number of nitrogens with zero attached hydrogens (tertiary/aromatic N) is 3. The van der Waals surface area contributed by atoms with Crippen molar-refractivity contribution in [1.29, 1.82) is 0 Å². The zero-order chi connectivity index (χ0) is 19.1. The summed E-state index contributed by atoms with van der Waals surface area (Å²) in [5.41, 5.74) is 3.49. The number of nitrogens with one attached hydrogen (secondary N) is 2. The van der Waals surface area contributed by atoms with Gasteiger partial charge in [-0.1, -0.05) is 30.3 Å². The van der Waals surface area contributed by atoms with Gasteiger partial charge in [0.05, 0.1) is 0 Å². The summed E-state index contributed by atoms with van der Waals surface area (Å²) in [5.74, 6) is 0.183. The van der Waals surface area contributed by atoms with Crippen molar-refractivity contribution in [2.45, 2.75) is 6.42 Å². The third-order valence-electron chi connectivity index (χ3n) is 4.07. The average Bonchev–Trinajstić information content (AvgIpc) is 2.69. The van der Waals surface area contributed by atoms with E-state index in [-0.39, 0.29) is 5.91 Å². The van der Waals surface area contributed by atoms with E-state index in [4.69, 9.17) is 0 Å². The second kappa shape index (κ2) is 8.80. The third kappa shape index (κ3) is 5.28. The lowest BCUT2D eigenvalue weighted by molar-refractivity contribution is 0.0949. The first-order valence-corrected chi connectivity index (χ1v) is 8.81. The van der Waals surface area contributed by atoms with Crippen molar-refractivity contribution in [2.75, 3.05) is 30.9 Å². The SMILES string of the molecule is CN(C)c1ccc(Nc2nccc(C(=O)NCCc3ccccc3)n2)cc1. The Morgan fingerprint density at radius 1 is 1.00 bits per heavy atom. The molecule has 2 N–H and O–H groups in total. The highest BCUT2D eigenvalue weighted by Crippen LogP contribution is 2.18. The van der Waals surface area contributed by atoms with Gasteiger partial charge in [-0.3, -0.25) is 4.79 Å². The summed E-state index contributed by atoms with van der Waals surface area (Å²) in [6.45, 7) is 0.557. The minimum Gasteiger partial charge on any atom is -0.378 e. The Kier molecular flexibility index (Phi) is 5.99. The summed E-state index contributed by atoms with van der Waals surface area (Å²) in [5, 5.41) is 6.02. The largest absolute Gasteiger partial charge is 0.378 e. The van der Waals surface area contributed by atoms with E-state index < -0.39 is 0 Å². The van der Waals surface area contributed by atoms with Crippen molar-refractivity contribution in [2.24, 2.45) is 0 Å². The van der Waals surface area contributed by atoms with Crippen LogP contribution in [0.1, 0.15) is 16.1 Å². The first kappa shape index (κ1) is 18.4. The van der Waals surface area contributed by atoms with Gasteiger partial charge in [-0.05, 0) is 42.3 Å². The summed E-state index contributed by atoms with van der Waals surface area (Å²) in [4.78, 5) is 22.8. The Hall–Kier alpha value is -3.41. The van der Waals surface area contributed by atoms with Crippen LogP contribution in [0.5, 0.6) is 0 Å². The van der Waals surface area contributed by atoms with Gasteiger partial charge in [-0.25, -0.2) is 9.97 Å². The van der Waals surface area contributed by atoms with Crippen molar-refractivity contribution in [3.8, 4) is 0 Å². The van der Waals surface area contributed by atoms with E-state index in [1.165, 1.54) is 5.56 Å². The van der Waals surface area contributed by atoms with Crippen LogP contribution in [0.4, 0.5) is 17.3 Å². The highest BCUT2D eigenvalue weighted by atomic mass is 16.1. The molecule has 0 aliphatic rings. The quantitative estimate of drug-likeness (QED) is 0.676. The van der Waals surface area contributed by atoms with E-state index in [1.807, 2.05) is 73.6 Å². The van der Waals surface area contributed by atoms with Crippen LogP contribution < -0.4 is 15.5 Å². The summed E-state index contributed by atoms with van der Waals surface area (Å²) in [7, 11) is 3.98. The lowest BCUT2D eigenvalue weighted by Crippen LogP contribution is -2.26. The van der Waals surface area contributed by atoms with Gasteiger partial charge in [0.2, 0.25) is 5.95 Å². The third-order valence-corrected chi connectivity index (χ3v) is 4.07. The molecule has 6 nitrogen and oxygen atoms in total. The fourth-order valence-corrected chi connectivity index (χ4v) is 2.57. The van der Waals surface area contributed by atoms with E-state index in [2.05, 4.69) is 20.6 Å². The Labute approximate surface area is 159 Å². The van der Waals surface area contributed by atoms with E-state index in [0.717, 1.165) is 17.8 Å². The molecule has 0 bridgehead atoms. The molecule has 0 aliphatic carbocycles. The highest BCUT2D eigenvalue weighted by Gasteiger charge is 2.08. The molecule has 2 aromatic carbocycles. The molecule has 1 heterocycles. The summed E-state index contributed by atoms with van der Waals surface area (Å²) >= 11 is 0. The molecule has 3 rings (SSSR count). The first-order chi connectivity index (χ1) is 13.1. The minimum absolute atomic E-state index is 0.209. The van der Waals surface area contributed by atoms with E-state index in [0.29, 0.717) is 18.2 Å². The van der Waals surface area contributed by atoms with E-state index in [9.17, 15) is 4.79 Å². The molecular formula is C21H23N5O. The topological polar surface area (TPSA) is 70.2 Å². The zero-order valence-electron chi connectivity index (χ0n) is 15.5. The van der Waals surface area contributed by atoms with Crippen molar-refractivity contribution < 1.29 is 4.79 Å². The fraction of sp³-hybridized carbons (Fsp3) is 0.190. The number of carbonyl (C=O) groups excluding carboxylic acids is 1. The normalized spacial score (nSPS) is 10.3. The van der Waals surface area contributed by atoms with Crippen LogP contribution in [0.2, 0.25) is 0 Å². The zero-order valence-corrected chi connectivity index (χ0v) is 15.5. The number of aromatic nitrogens is 2. The predicted octanol–water partition coefficient (Wildman–Crippen LogP) is 3.26. The monoisotopic (exact) mass is 361 g/mol. The highest BCUT2D eigenvalue weighted by molar-refractivity contribution is 5.92. The average molecular weight is 361 g/mol. The number of hydrogen-bond donors (Lipinski definition) is 2. The second-order valence-electron chi connectivity index (χ2n) is 6.32. The summed E-state index contributed by atoms with van der Waals surface area (Å²) < 4.78 is 0. The smallest absolute Gasteiger partial charge is 0.270 e. The molecule has 0 radical (unpaired) electrons. The van der Waals surface area contributed by atoms with Gasteiger partial charge < -0.3 is 15.5 Å². The molecule has 27 heavy (non-hydrogen) atoms. The van der Waals surface area contributed by atoms with Crippen molar-refractivity contribution >= 4 is 23.2 Å². The Morgan fingerprint density at radius 2 is 1.74 bits per heavy atom. The molecular weight excluding hydrogens is 338 g/mol. The molecule has 138 valence electrons. The molecule has 0 aliphatic heterocycles. The van der Waals surface area contributed by atoms with Crippen molar-refractivity contribution in [1.82, 2.24) is 15.3 Å². The van der Waals surface area contributed by atoms with Gasteiger partial charge in [0, 0.05) is 38.2 Å². The number of amides is 1. The Morgan fingerprint density at radius 3 is 2.44 bits per heavy atom. The molecule has 0 spiro atoms. The number of rotatable bonds is 7. The van der Waals surface area contributed by atoms with Crippen LogP contribution in [0, 0.1) is 0 Å². The van der Waals surface area contributed by atoms with Crippen LogP contribution in [0.3, 0.4) is 0 Å². The fourth-order valence-electron chi connectivity index (χ4n) is 2.57. The van der Waals surface area contributed by atoms with Crippen LogP contribution in [-0.4, -0.2) is 36.5 Å². The maximum Gasteiger partial charge on any atom is 0.270 e. The van der Waals surface area contributed by atoms with Gasteiger partial charge in [0.1, 0.15) is 5.69 Å². The number of benzene rings is 2. The summed E-state index contributed by atoms with van der Waals surface area (Å²) in [6, 6.07) is 19.6. The molecule has 0 fully saturated rings. The molecule has 0 unspecified atom stereocenters. The minimum atomic E-state index is -0.209. The van der Waals surface area contributed by atoms with Crippen LogP contribution in [-0.2, 0) is 6.42 Å². The maximum absolute atomic E-state index is 12.3. The molecule has 0 saturated carbocycles. The molecule has 0 atom stereocenters. The molecule has 1 aromatic heterocycles. The standard InChI is InChI=1S/C21H23N5O/c1-26(2)18-10-8-17(9-11-18)24-21-23-15-13-19(25-21)20(27)22-14-12-16-6-4-3-5-7-16/h3-11,13,15H,12,14H2,1-2H3,(H,22,27)(H,23,24,25). The Bertz CT molecular complexity index is 879. The van der Waals surface area contributed by atoms with Crippen LogP contribution in [0.15, 0.2) is 66.9 Å². The number of carbonyl (C=O) groups is 1. The maximum atomic E-state index is 12.3. The lowest BCUT2D eigenvalue weighted by atomic mass is 10.1. The van der Waals surface area contributed by atoms with Gasteiger partial charge in [0.25, 0.3) is 5.91 Å². The molecule has 6 heteroatoms. The Balaban J connectivity index is 1.58. The van der Waals surface area contributed by atoms with Gasteiger partial charge in [0.15, 0.2) is 0 Å². The van der Waals surface area contributed by atoms with E-state index in [1.54, 1.807) is 12.3 Å². The molecule has 1 amide bonds. The van der Waals surface area contributed by atoms with Crippen LogP contribution in [0.25, 0.3) is 0 Å². The van der Waals surface area contributed by atoms with Gasteiger partial charge in [-0.2, -0.15) is 0 Å². The number of anilines is 3. The predicted molar refractivity (Wildman–Crippen MR) is 109 cm³/mol. The van der Waals surface area contributed by atoms with Gasteiger partial charge in [-0.15, -0.1) is 0 Å². The summed E-state index contributed by atoms with van der Waals surface area (Å²) in [6.07, 6.45) is 2.36. The van der Waals surface area contributed by atoms with E-state index >= 15 is 0 Å². The second-order valence-corrected chi connectivity index (χ2v) is 6.32. The molecule has 0 saturated heterocycles. The first-order valence-electron chi connectivity index (χ1n) is 8.81. The number of hydrogen-bond acceptors (Lipinski definition) is 5. The molecule has 3 aromatic rings.